The first-order chi connectivity index (χ1) is 9.71. The average Bonchev–Trinajstić information content (AvgIpc) is 2.97. The van der Waals surface area contributed by atoms with E-state index in [0.29, 0.717) is 24.5 Å². The molecule has 0 atom stereocenters. The Hall–Kier alpha value is -2.61. The molecule has 0 spiro atoms. The molecule has 5 heteroatoms. The molecular weight excluding hydrogens is 252 g/mol. The summed E-state index contributed by atoms with van der Waals surface area (Å²) in [6, 6.07) is 9.13. The predicted octanol–water partition coefficient (Wildman–Crippen LogP) is 2.23. The molecular formula is C15H16N4O. The minimum absolute atomic E-state index is 0.0949. The molecule has 2 heterocycles. The molecule has 0 fully saturated rings. The second kappa shape index (κ2) is 6.02. The van der Waals surface area contributed by atoms with Gasteiger partial charge in [-0.05, 0) is 38.1 Å². The number of hydrogen-bond donors (Lipinski definition) is 0. The highest BCUT2D eigenvalue weighted by molar-refractivity contribution is 5.92. The van der Waals surface area contributed by atoms with Crippen LogP contribution in [0.5, 0.6) is 0 Å². The van der Waals surface area contributed by atoms with Gasteiger partial charge in [-0.2, -0.15) is 5.26 Å². The van der Waals surface area contributed by atoms with Gasteiger partial charge in [-0.25, -0.2) is 0 Å². The van der Waals surface area contributed by atoms with Crippen LogP contribution < -0.4 is 0 Å². The number of carbonyl (C=O) groups excluding carboxylic acids is 1. The molecule has 0 unspecified atom stereocenters. The fourth-order valence-corrected chi connectivity index (χ4v) is 2.06. The summed E-state index contributed by atoms with van der Waals surface area (Å²) in [5, 5.41) is 9.05. The van der Waals surface area contributed by atoms with Crippen molar-refractivity contribution in [3.8, 4) is 11.8 Å². The van der Waals surface area contributed by atoms with Crippen LogP contribution in [0.3, 0.4) is 0 Å². The van der Waals surface area contributed by atoms with E-state index in [2.05, 4.69) is 11.1 Å². The highest BCUT2D eigenvalue weighted by atomic mass is 16.2. The van der Waals surface area contributed by atoms with E-state index in [4.69, 9.17) is 5.26 Å². The molecule has 0 aliphatic rings. The largest absolute Gasteiger partial charge is 0.338 e. The summed E-state index contributed by atoms with van der Waals surface area (Å²) in [4.78, 5) is 18.1. The molecule has 0 aliphatic carbocycles. The highest BCUT2D eigenvalue weighted by Gasteiger charge is 2.14. The maximum absolute atomic E-state index is 12.3. The fourth-order valence-electron chi connectivity index (χ4n) is 2.06. The Kier molecular flexibility index (Phi) is 4.16. The van der Waals surface area contributed by atoms with Crippen molar-refractivity contribution in [1.29, 1.82) is 5.26 Å². The summed E-state index contributed by atoms with van der Waals surface area (Å²) in [5.74, 6) is -0.0949. The van der Waals surface area contributed by atoms with Gasteiger partial charge in [-0.15, -0.1) is 0 Å². The third-order valence-electron chi connectivity index (χ3n) is 3.15. The summed E-state index contributed by atoms with van der Waals surface area (Å²) >= 11 is 0. The Morgan fingerprint density at radius 1 is 1.40 bits per heavy atom. The molecule has 2 aromatic rings. The number of hydrogen-bond acceptors (Lipinski definition) is 3. The van der Waals surface area contributed by atoms with Crippen LogP contribution in [-0.2, 0) is 0 Å². The van der Waals surface area contributed by atoms with Crippen LogP contribution in [-0.4, -0.2) is 33.4 Å². The van der Waals surface area contributed by atoms with Gasteiger partial charge in [0.15, 0.2) is 0 Å². The third kappa shape index (κ3) is 2.54. The van der Waals surface area contributed by atoms with Gasteiger partial charge >= 0.3 is 0 Å². The summed E-state index contributed by atoms with van der Waals surface area (Å²) in [5.41, 5.74) is 1.68. The Bertz CT molecular complexity index is 650. The average molecular weight is 268 g/mol. The second-order valence-electron chi connectivity index (χ2n) is 4.25. The number of pyridine rings is 1. The molecule has 0 bridgehead atoms. The zero-order valence-electron chi connectivity index (χ0n) is 11.6. The molecule has 0 aromatic carbocycles. The minimum Gasteiger partial charge on any atom is -0.338 e. The molecule has 0 N–H and O–H groups in total. The zero-order valence-corrected chi connectivity index (χ0v) is 11.6. The summed E-state index contributed by atoms with van der Waals surface area (Å²) < 4.78 is 1.74. The first-order valence-corrected chi connectivity index (χ1v) is 6.54. The van der Waals surface area contributed by atoms with Gasteiger partial charge in [0.25, 0.3) is 5.91 Å². The van der Waals surface area contributed by atoms with Crippen molar-refractivity contribution in [2.75, 3.05) is 13.1 Å². The molecule has 20 heavy (non-hydrogen) atoms. The maximum Gasteiger partial charge on any atom is 0.272 e. The van der Waals surface area contributed by atoms with Crippen molar-refractivity contribution in [2.24, 2.45) is 0 Å². The van der Waals surface area contributed by atoms with Gasteiger partial charge in [0.1, 0.15) is 17.5 Å². The van der Waals surface area contributed by atoms with Crippen molar-refractivity contribution in [3.63, 3.8) is 0 Å². The first-order valence-electron chi connectivity index (χ1n) is 6.54. The summed E-state index contributed by atoms with van der Waals surface area (Å²) in [6.07, 6.45) is 3.38. The van der Waals surface area contributed by atoms with E-state index in [1.54, 1.807) is 46.1 Å². The van der Waals surface area contributed by atoms with Crippen molar-refractivity contribution in [1.82, 2.24) is 14.5 Å². The fraction of sp³-hybridized carbons (Fsp3) is 0.267. The van der Waals surface area contributed by atoms with Gasteiger partial charge in [0, 0.05) is 25.5 Å². The van der Waals surface area contributed by atoms with Crippen LogP contribution in [0.2, 0.25) is 0 Å². The first kappa shape index (κ1) is 13.8. The third-order valence-corrected chi connectivity index (χ3v) is 3.15. The SMILES string of the molecule is CCN(CC)C(=O)c1cc(-n2cccc2C#N)ccn1. The monoisotopic (exact) mass is 268 g/mol. The number of aromatic nitrogens is 2. The quantitative estimate of drug-likeness (QED) is 0.854. The summed E-state index contributed by atoms with van der Waals surface area (Å²) in [6.45, 7) is 5.17. The molecule has 0 radical (unpaired) electrons. The van der Waals surface area contributed by atoms with Crippen molar-refractivity contribution < 1.29 is 4.79 Å². The van der Waals surface area contributed by atoms with Crippen LogP contribution in [0.15, 0.2) is 36.7 Å². The lowest BCUT2D eigenvalue weighted by Crippen LogP contribution is -2.31. The van der Waals surface area contributed by atoms with Gasteiger partial charge in [-0.3, -0.25) is 9.78 Å². The van der Waals surface area contributed by atoms with Gasteiger partial charge in [-0.1, -0.05) is 0 Å². The van der Waals surface area contributed by atoms with Crippen LogP contribution in [0.4, 0.5) is 0 Å². The number of nitrogens with zero attached hydrogens (tertiary/aromatic N) is 4. The van der Waals surface area contributed by atoms with E-state index < -0.39 is 0 Å². The molecule has 2 aromatic heterocycles. The molecule has 0 saturated heterocycles. The second-order valence-corrected chi connectivity index (χ2v) is 4.25. The Balaban J connectivity index is 2.39. The summed E-state index contributed by atoms with van der Waals surface area (Å²) in [7, 11) is 0. The van der Waals surface area contributed by atoms with E-state index in [1.165, 1.54) is 0 Å². The van der Waals surface area contributed by atoms with Crippen molar-refractivity contribution in [3.05, 3.63) is 48.0 Å². The van der Waals surface area contributed by atoms with Gasteiger partial charge in [0.2, 0.25) is 0 Å². The standard InChI is InChI=1S/C15H16N4O/c1-3-18(4-2)15(20)14-10-12(7-8-17-14)19-9-5-6-13(19)11-16/h5-10H,3-4H2,1-2H3. The minimum atomic E-state index is -0.0949. The van der Waals surface area contributed by atoms with Gasteiger partial charge < -0.3 is 9.47 Å². The predicted molar refractivity (Wildman–Crippen MR) is 75.5 cm³/mol. The molecule has 102 valence electrons. The zero-order chi connectivity index (χ0) is 14.5. The Labute approximate surface area is 118 Å². The van der Waals surface area contributed by atoms with Gasteiger partial charge in [0.05, 0.1) is 5.69 Å². The maximum atomic E-state index is 12.3. The lowest BCUT2D eigenvalue weighted by atomic mass is 10.2. The smallest absolute Gasteiger partial charge is 0.272 e. The van der Waals surface area contributed by atoms with E-state index in [0.717, 1.165) is 5.69 Å². The van der Waals surface area contributed by atoms with Crippen LogP contribution in [0.1, 0.15) is 30.0 Å². The normalized spacial score (nSPS) is 10.1. The van der Waals surface area contributed by atoms with Crippen LogP contribution in [0.25, 0.3) is 5.69 Å². The van der Waals surface area contributed by atoms with E-state index in [9.17, 15) is 4.79 Å². The molecule has 0 aliphatic heterocycles. The number of rotatable bonds is 4. The Morgan fingerprint density at radius 3 is 2.80 bits per heavy atom. The Morgan fingerprint density at radius 2 is 2.15 bits per heavy atom. The molecule has 5 nitrogen and oxygen atoms in total. The topological polar surface area (TPSA) is 61.9 Å². The molecule has 2 rings (SSSR count). The van der Waals surface area contributed by atoms with Crippen LogP contribution in [0, 0.1) is 11.3 Å². The molecule has 0 saturated carbocycles. The highest BCUT2D eigenvalue weighted by Crippen LogP contribution is 2.13. The number of amides is 1. The number of carbonyl (C=O) groups is 1. The lowest BCUT2D eigenvalue weighted by Gasteiger charge is -2.18. The van der Waals surface area contributed by atoms with Crippen molar-refractivity contribution >= 4 is 5.91 Å². The van der Waals surface area contributed by atoms with E-state index in [1.807, 2.05) is 13.8 Å². The van der Waals surface area contributed by atoms with Crippen molar-refractivity contribution in [2.45, 2.75) is 13.8 Å². The van der Waals surface area contributed by atoms with E-state index in [-0.39, 0.29) is 5.91 Å². The molecule has 1 amide bonds. The van der Waals surface area contributed by atoms with E-state index >= 15 is 0 Å². The van der Waals surface area contributed by atoms with Crippen LogP contribution >= 0.6 is 0 Å². The number of nitriles is 1. The lowest BCUT2D eigenvalue weighted by molar-refractivity contribution is 0.0767.